The number of H-pyrrole nitrogens is 1. The van der Waals surface area contributed by atoms with E-state index in [9.17, 15) is 13.6 Å². The second kappa shape index (κ2) is 5.71. The topological polar surface area (TPSA) is 47.0 Å². The van der Waals surface area contributed by atoms with Crippen LogP contribution in [0.3, 0.4) is 0 Å². The Morgan fingerprint density at radius 1 is 1.24 bits per heavy atom. The predicted molar refractivity (Wildman–Crippen MR) is 75.9 cm³/mol. The van der Waals surface area contributed by atoms with Crippen LogP contribution in [-0.4, -0.2) is 16.9 Å². The highest BCUT2D eigenvalue weighted by molar-refractivity contribution is 5.34. The number of nitrogens with one attached hydrogen (secondary N) is 1. The Balaban J connectivity index is 2.46. The Bertz CT molecular complexity index is 694. The minimum atomic E-state index is -0.719. The number of rotatable bonds is 4. The zero-order valence-corrected chi connectivity index (χ0v) is 12.5. The lowest BCUT2D eigenvalue weighted by atomic mass is 10.0. The molecule has 6 heteroatoms. The first-order valence-corrected chi connectivity index (χ1v) is 6.67. The largest absolute Gasteiger partial charge is 0.497 e. The van der Waals surface area contributed by atoms with Gasteiger partial charge in [-0.3, -0.25) is 14.6 Å². The first kappa shape index (κ1) is 15.3. The molecule has 21 heavy (non-hydrogen) atoms. The second-order valence-corrected chi connectivity index (χ2v) is 5.22. The van der Waals surface area contributed by atoms with Gasteiger partial charge in [0.2, 0.25) is 0 Å². The summed E-state index contributed by atoms with van der Waals surface area (Å²) in [6.07, 6.45) is -0.0947. The van der Waals surface area contributed by atoms with E-state index in [4.69, 9.17) is 4.74 Å². The van der Waals surface area contributed by atoms with Crippen LogP contribution in [0.2, 0.25) is 0 Å². The van der Waals surface area contributed by atoms with Gasteiger partial charge in [-0.2, -0.15) is 0 Å². The Hall–Kier alpha value is -2.11. The van der Waals surface area contributed by atoms with Crippen LogP contribution in [0.5, 0.6) is 5.75 Å². The highest BCUT2D eigenvalue weighted by atomic mass is 19.1. The minimum Gasteiger partial charge on any atom is -0.497 e. The Labute approximate surface area is 121 Å². The van der Waals surface area contributed by atoms with Gasteiger partial charge >= 0.3 is 0 Å². The number of methoxy groups -OCH3 is 1. The SMILES string of the molecule is COc1cc(F)c(Cc2c(C)n(C(C)C)[nH]c2=O)c(F)c1. The number of nitrogens with zero attached hydrogens (tertiary/aromatic N) is 1. The van der Waals surface area contributed by atoms with E-state index in [0.717, 1.165) is 12.1 Å². The average Bonchev–Trinajstić information content (AvgIpc) is 2.69. The van der Waals surface area contributed by atoms with Gasteiger partial charge in [-0.05, 0) is 20.8 Å². The summed E-state index contributed by atoms with van der Waals surface area (Å²) in [6.45, 7) is 5.59. The molecule has 0 saturated carbocycles. The predicted octanol–water partition coefficient (Wildman–Crippen LogP) is 2.94. The molecule has 0 bridgehead atoms. The van der Waals surface area contributed by atoms with Gasteiger partial charge in [0.25, 0.3) is 5.56 Å². The zero-order valence-electron chi connectivity index (χ0n) is 12.5. The number of aromatic amines is 1. The van der Waals surface area contributed by atoms with Crippen LogP contribution in [0.4, 0.5) is 8.78 Å². The van der Waals surface area contributed by atoms with Gasteiger partial charge < -0.3 is 4.74 Å². The number of hydrogen-bond acceptors (Lipinski definition) is 2. The number of hydrogen-bond donors (Lipinski definition) is 1. The molecule has 0 aliphatic heterocycles. The molecule has 0 amide bonds. The first-order chi connectivity index (χ1) is 9.85. The Morgan fingerprint density at radius 3 is 2.24 bits per heavy atom. The molecule has 4 nitrogen and oxygen atoms in total. The van der Waals surface area contributed by atoms with E-state index >= 15 is 0 Å². The molecule has 114 valence electrons. The highest BCUT2D eigenvalue weighted by Crippen LogP contribution is 2.23. The minimum absolute atomic E-state index is 0.0667. The third-order valence-electron chi connectivity index (χ3n) is 3.51. The second-order valence-electron chi connectivity index (χ2n) is 5.22. The van der Waals surface area contributed by atoms with Gasteiger partial charge in [0.05, 0.1) is 7.11 Å². The standard InChI is InChI=1S/C15H18F2N2O2/c1-8(2)19-9(3)11(15(20)18-19)7-12-13(16)5-10(21-4)6-14(12)17/h5-6,8H,7H2,1-4H3,(H,18,20). The molecular weight excluding hydrogens is 278 g/mol. The first-order valence-electron chi connectivity index (χ1n) is 6.67. The van der Waals surface area contributed by atoms with E-state index in [1.54, 1.807) is 11.6 Å². The fraction of sp³-hybridized carbons (Fsp3) is 0.400. The van der Waals surface area contributed by atoms with Crippen LogP contribution in [0.15, 0.2) is 16.9 Å². The van der Waals surface area contributed by atoms with E-state index in [0.29, 0.717) is 11.3 Å². The van der Waals surface area contributed by atoms with Crippen molar-refractivity contribution in [2.45, 2.75) is 33.2 Å². The van der Waals surface area contributed by atoms with Crippen molar-refractivity contribution in [1.29, 1.82) is 0 Å². The number of aromatic nitrogens is 2. The molecule has 2 rings (SSSR count). The molecule has 1 aromatic heterocycles. The molecular formula is C15H18F2N2O2. The van der Waals surface area contributed by atoms with Crippen molar-refractivity contribution < 1.29 is 13.5 Å². The molecule has 0 aliphatic carbocycles. The van der Waals surface area contributed by atoms with Crippen LogP contribution >= 0.6 is 0 Å². The van der Waals surface area contributed by atoms with Gasteiger partial charge in [0, 0.05) is 41.4 Å². The summed E-state index contributed by atoms with van der Waals surface area (Å²) >= 11 is 0. The monoisotopic (exact) mass is 296 g/mol. The molecule has 1 aromatic carbocycles. The fourth-order valence-electron chi connectivity index (χ4n) is 2.34. The van der Waals surface area contributed by atoms with Crippen molar-refractivity contribution in [2.75, 3.05) is 7.11 Å². The summed E-state index contributed by atoms with van der Waals surface area (Å²) in [5.41, 5.74) is 0.595. The lowest BCUT2D eigenvalue weighted by Crippen LogP contribution is -2.10. The molecule has 0 radical (unpaired) electrons. The highest BCUT2D eigenvalue weighted by Gasteiger charge is 2.18. The van der Waals surface area contributed by atoms with Gasteiger partial charge in [0.15, 0.2) is 0 Å². The van der Waals surface area contributed by atoms with Gasteiger partial charge in [-0.1, -0.05) is 0 Å². The number of halogens is 2. The van der Waals surface area contributed by atoms with Crippen molar-refractivity contribution in [3.05, 3.63) is 50.9 Å². The van der Waals surface area contributed by atoms with Gasteiger partial charge in [0.1, 0.15) is 17.4 Å². The summed E-state index contributed by atoms with van der Waals surface area (Å²) in [5, 5.41) is 2.69. The van der Waals surface area contributed by atoms with Crippen LogP contribution in [0, 0.1) is 18.6 Å². The Kier molecular flexibility index (Phi) is 4.16. The average molecular weight is 296 g/mol. The van der Waals surface area contributed by atoms with E-state index in [-0.39, 0.29) is 29.3 Å². The molecule has 0 spiro atoms. The van der Waals surface area contributed by atoms with Crippen LogP contribution in [-0.2, 0) is 6.42 Å². The van der Waals surface area contributed by atoms with Crippen LogP contribution < -0.4 is 10.3 Å². The smallest absolute Gasteiger partial charge is 0.267 e. The molecule has 0 aliphatic rings. The maximum atomic E-state index is 14.0. The summed E-state index contributed by atoms with van der Waals surface area (Å²) < 4.78 is 34.5. The van der Waals surface area contributed by atoms with Crippen molar-refractivity contribution in [3.8, 4) is 5.75 Å². The summed E-state index contributed by atoms with van der Waals surface area (Å²) in [4.78, 5) is 12.0. The third kappa shape index (κ3) is 2.84. The molecule has 0 atom stereocenters. The number of ether oxygens (including phenoxy) is 1. The normalized spacial score (nSPS) is 11.2. The summed E-state index contributed by atoms with van der Waals surface area (Å²) in [5.74, 6) is -1.33. The maximum absolute atomic E-state index is 14.0. The molecule has 0 unspecified atom stereocenters. The number of benzene rings is 1. The maximum Gasteiger partial charge on any atom is 0.267 e. The van der Waals surface area contributed by atoms with E-state index in [1.165, 1.54) is 7.11 Å². The van der Waals surface area contributed by atoms with E-state index in [1.807, 2.05) is 13.8 Å². The molecule has 1 heterocycles. The van der Waals surface area contributed by atoms with Crippen molar-refractivity contribution in [2.24, 2.45) is 0 Å². The molecule has 0 saturated heterocycles. The third-order valence-corrected chi connectivity index (χ3v) is 3.51. The molecule has 2 aromatic rings. The lowest BCUT2D eigenvalue weighted by Gasteiger charge is -2.10. The van der Waals surface area contributed by atoms with Gasteiger partial charge in [-0.25, -0.2) is 8.78 Å². The van der Waals surface area contributed by atoms with E-state index < -0.39 is 11.6 Å². The quantitative estimate of drug-likeness (QED) is 0.943. The van der Waals surface area contributed by atoms with Crippen LogP contribution in [0.1, 0.15) is 36.7 Å². The summed E-state index contributed by atoms with van der Waals surface area (Å²) in [7, 11) is 1.34. The zero-order chi connectivity index (χ0) is 15.7. The van der Waals surface area contributed by atoms with Crippen molar-refractivity contribution in [1.82, 2.24) is 9.78 Å². The molecule has 1 N–H and O–H groups in total. The lowest BCUT2D eigenvalue weighted by molar-refractivity contribution is 0.405. The van der Waals surface area contributed by atoms with E-state index in [2.05, 4.69) is 5.10 Å². The summed E-state index contributed by atoms with van der Waals surface area (Å²) in [6, 6.07) is 2.29. The van der Waals surface area contributed by atoms with Crippen LogP contribution in [0.25, 0.3) is 0 Å². The Morgan fingerprint density at radius 2 is 1.81 bits per heavy atom. The van der Waals surface area contributed by atoms with Crippen molar-refractivity contribution >= 4 is 0 Å². The molecule has 0 fully saturated rings. The van der Waals surface area contributed by atoms with Crippen molar-refractivity contribution in [3.63, 3.8) is 0 Å². The fourth-order valence-corrected chi connectivity index (χ4v) is 2.34. The van der Waals surface area contributed by atoms with Gasteiger partial charge in [-0.15, -0.1) is 0 Å².